The summed E-state index contributed by atoms with van der Waals surface area (Å²) in [7, 11) is 1.82. The van der Waals surface area contributed by atoms with E-state index in [0.29, 0.717) is 26.0 Å². The summed E-state index contributed by atoms with van der Waals surface area (Å²) in [5, 5.41) is 1.98. The molecule has 206 valence electrons. The van der Waals surface area contributed by atoms with Crippen molar-refractivity contribution < 1.29 is 28.6 Å². The zero-order valence-electron chi connectivity index (χ0n) is 22.4. The van der Waals surface area contributed by atoms with Crippen LogP contribution in [0.4, 0.5) is 0 Å². The van der Waals surface area contributed by atoms with Gasteiger partial charge in [-0.15, -0.1) is 0 Å². The van der Waals surface area contributed by atoms with Crippen LogP contribution in [0.15, 0.2) is 42.5 Å². The Balaban J connectivity index is 0.000000276. The molecule has 2 fully saturated rings. The van der Waals surface area contributed by atoms with Crippen molar-refractivity contribution in [2.75, 3.05) is 46.6 Å². The number of imide groups is 1. The molecule has 0 radical (unpaired) electrons. The average molecular weight is 526 g/mol. The van der Waals surface area contributed by atoms with Gasteiger partial charge >= 0.3 is 0 Å². The Morgan fingerprint density at radius 1 is 1.00 bits per heavy atom. The zero-order chi connectivity index (χ0) is 27.2. The van der Waals surface area contributed by atoms with Gasteiger partial charge < -0.3 is 19.1 Å². The van der Waals surface area contributed by atoms with Gasteiger partial charge in [0.15, 0.2) is 0 Å². The van der Waals surface area contributed by atoms with E-state index >= 15 is 0 Å². The SMILES string of the molecule is C1CCOC1.CCC(=O)NC=O.CN1Cc2c(OCc3ccc(CN4CCOCC4)cc3)cccc2C1=O. The van der Waals surface area contributed by atoms with Gasteiger partial charge in [0.25, 0.3) is 5.91 Å². The van der Waals surface area contributed by atoms with E-state index in [4.69, 9.17) is 14.2 Å². The van der Waals surface area contributed by atoms with Crippen LogP contribution in [0.2, 0.25) is 0 Å². The minimum absolute atomic E-state index is 0.0675. The Kier molecular flexibility index (Phi) is 12.2. The maximum Gasteiger partial charge on any atom is 0.254 e. The Morgan fingerprint density at radius 2 is 1.66 bits per heavy atom. The fourth-order valence-electron chi connectivity index (χ4n) is 4.18. The fraction of sp³-hybridized carbons (Fsp3) is 0.483. The largest absolute Gasteiger partial charge is 0.489 e. The van der Waals surface area contributed by atoms with E-state index < -0.39 is 0 Å². The van der Waals surface area contributed by atoms with Crippen LogP contribution < -0.4 is 10.1 Å². The van der Waals surface area contributed by atoms with Crippen LogP contribution in [0.3, 0.4) is 0 Å². The second-order valence-corrected chi connectivity index (χ2v) is 9.30. The molecule has 0 aliphatic carbocycles. The van der Waals surface area contributed by atoms with E-state index in [-0.39, 0.29) is 11.8 Å². The van der Waals surface area contributed by atoms with Crippen molar-refractivity contribution in [1.82, 2.24) is 15.1 Å². The summed E-state index contributed by atoms with van der Waals surface area (Å²) >= 11 is 0. The smallest absolute Gasteiger partial charge is 0.254 e. The monoisotopic (exact) mass is 525 g/mol. The maximum atomic E-state index is 12.1. The molecule has 0 unspecified atom stereocenters. The lowest BCUT2D eigenvalue weighted by Gasteiger charge is -2.26. The Morgan fingerprint density at radius 3 is 2.24 bits per heavy atom. The molecule has 0 aromatic heterocycles. The molecule has 3 aliphatic heterocycles. The zero-order valence-corrected chi connectivity index (χ0v) is 22.4. The van der Waals surface area contributed by atoms with Crippen LogP contribution in [-0.2, 0) is 38.8 Å². The van der Waals surface area contributed by atoms with Gasteiger partial charge in [0.2, 0.25) is 12.3 Å². The molecule has 5 rings (SSSR count). The number of carbonyl (C=O) groups is 3. The molecule has 38 heavy (non-hydrogen) atoms. The molecule has 0 bridgehead atoms. The average Bonchev–Trinajstić information content (AvgIpc) is 3.62. The number of hydrogen-bond donors (Lipinski definition) is 1. The Labute approximate surface area is 225 Å². The second kappa shape index (κ2) is 15.9. The van der Waals surface area contributed by atoms with Crippen LogP contribution in [-0.4, -0.2) is 74.6 Å². The van der Waals surface area contributed by atoms with Gasteiger partial charge in [0.05, 0.1) is 19.8 Å². The maximum absolute atomic E-state index is 12.1. The second-order valence-electron chi connectivity index (χ2n) is 9.30. The molecule has 0 saturated carbocycles. The summed E-state index contributed by atoms with van der Waals surface area (Å²) in [5.41, 5.74) is 4.18. The molecule has 3 amide bonds. The number of morpholine rings is 1. The molecule has 1 N–H and O–H groups in total. The quantitative estimate of drug-likeness (QED) is 0.555. The molecule has 0 spiro atoms. The molecule has 2 aromatic carbocycles. The highest BCUT2D eigenvalue weighted by Gasteiger charge is 2.27. The Hall–Kier alpha value is -3.27. The van der Waals surface area contributed by atoms with Crippen molar-refractivity contribution in [2.24, 2.45) is 0 Å². The minimum atomic E-state index is -0.241. The molecular weight excluding hydrogens is 486 g/mol. The summed E-state index contributed by atoms with van der Waals surface area (Å²) in [6.45, 7) is 9.41. The molecule has 3 aliphatic rings. The standard InChI is InChI=1S/C21H24N2O3.C4H7NO2.C4H8O/c1-22-14-19-18(21(22)24)3-2-4-20(19)26-15-17-7-5-16(6-8-17)13-23-9-11-25-12-10-23;1-2-4(7)5-3-6;1-2-4-5-3-1/h2-8H,9-15H2,1H3;3H,2H2,1H3,(H,5,6,7);1-4H2. The van der Waals surface area contributed by atoms with E-state index in [9.17, 15) is 14.4 Å². The van der Waals surface area contributed by atoms with Crippen LogP contribution in [0, 0.1) is 0 Å². The third-order valence-electron chi connectivity index (χ3n) is 6.40. The Bertz CT molecular complexity index is 1030. The van der Waals surface area contributed by atoms with Crippen LogP contribution in [0.1, 0.15) is 53.2 Å². The van der Waals surface area contributed by atoms with E-state index in [1.54, 1.807) is 11.8 Å². The number of ether oxygens (including phenoxy) is 3. The highest BCUT2D eigenvalue weighted by molar-refractivity contribution is 5.98. The van der Waals surface area contributed by atoms with E-state index in [2.05, 4.69) is 29.2 Å². The molecule has 9 heteroatoms. The van der Waals surface area contributed by atoms with E-state index in [0.717, 1.165) is 68.5 Å². The van der Waals surface area contributed by atoms with Crippen molar-refractivity contribution in [3.05, 3.63) is 64.7 Å². The first-order chi connectivity index (χ1) is 18.5. The highest BCUT2D eigenvalue weighted by Crippen LogP contribution is 2.30. The summed E-state index contributed by atoms with van der Waals surface area (Å²) in [6.07, 6.45) is 3.30. The molecular formula is C29H39N3O6. The first kappa shape index (κ1) is 29.3. The van der Waals surface area contributed by atoms with Crippen molar-refractivity contribution in [3.63, 3.8) is 0 Å². The number of nitrogens with zero attached hydrogens (tertiary/aromatic N) is 2. The number of hydrogen-bond acceptors (Lipinski definition) is 7. The lowest BCUT2D eigenvalue weighted by molar-refractivity contribution is -0.124. The third-order valence-corrected chi connectivity index (χ3v) is 6.40. The van der Waals surface area contributed by atoms with Crippen LogP contribution >= 0.6 is 0 Å². The minimum Gasteiger partial charge on any atom is -0.489 e. The molecule has 0 atom stereocenters. The molecule has 2 aromatic rings. The number of rotatable bonds is 7. The number of fused-ring (bicyclic) bond motifs is 1. The summed E-state index contributed by atoms with van der Waals surface area (Å²) in [4.78, 5) is 35.7. The summed E-state index contributed by atoms with van der Waals surface area (Å²) in [5.74, 6) is 0.630. The molecule has 2 saturated heterocycles. The summed E-state index contributed by atoms with van der Waals surface area (Å²) < 4.78 is 16.4. The van der Waals surface area contributed by atoms with Crippen molar-refractivity contribution in [2.45, 2.75) is 45.9 Å². The topological polar surface area (TPSA) is 97.4 Å². The third kappa shape index (κ3) is 9.24. The number of benzene rings is 2. The number of nitrogens with one attached hydrogen (secondary N) is 1. The molecule has 9 nitrogen and oxygen atoms in total. The van der Waals surface area contributed by atoms with E-state index in [1.807, 2.05) is 30.6 Å². The van der Waals surface area contributed by atoms with Crippen molar-refractivity contribution >= 4 is 18.2 Å². The highest BCUT2D eigenvalue weighted by atomic mass is 16.5. The van der Waals surface area contributed by atoms with Crippen molar-refractivity contribution in [1.29, 1.82) is 0 Å². The summed E-state index contributed by atoms with van der Waals surface area (Å²) in [6, 6.07) is 14.3. The fourth-order valence-corrected chi connectivity index (χ4v) is 4.18. The number of carbonyl (C=O) groups excluding carboxylic acids is 3. The molecule has 3 heterocycles. The van der Waals surface area contributed by atoms with Gasteiger partial charge in [-0.1, -0.05) is 37.3 Å². The lowest BCUT2D eigenvalue weighted by atomic mass is 10.1. The van der Waals surface area contributed by atoms with Gasteiger partial charge in [-0.25, -0.2) is 0 Å². The first-order valence-corrected chi connectivity index (χ1v) is 13.2. The predicted octanol–water partition coefficient (Wildman–Crippen LogP) is 3.15. The lowest BCUT2D eigenvalue weighted by Crippen LogP contribution is -2.35. The van der Waals surface area contributed by atoms with Gasteiger partial charge in [-0.3, -0.25) is 24.6 Å². The predicted molar refractivity (Wildman–Crippen MR) is 144 cm³/mol. The van der Waals surface area contributed by atoms with Gasteiger partial charge in [-0.05, 0) is 36.1 Å². The van der Waals surface area contributed by atoms with Crippen molar-refractivity contribution in [3.8, 4) is 5.75 Å². The van der Waals surface area contributed by atoms with Crippen LogP contribution in [0.25, 0.3) is 0 Å². The first-order valence-electron chi connectivity index (χ1n) is 13.2. The van der Waals surface area contributed by atoms with Gasteiger partial charge in [0, 0.05) is 57.4 Å². The van der Waals surface area contributed by atoms with Gasteiger partial charge in [-0.2, -0.15) is 0 Å². The van der Waals surface area contributed by atoms with Gasteiger partial charge in [0.1, 0.15) is 12.4 Å². The number of amides is 3. The van der Waals surface area contributed by atoms with Crippen LogP contribution in [0.5, 0.6) is 5.75 Å². The normalized spacial score (nSPS) is 16.5. The van der Waals surface area contributed by atoms with E-state index in [1.165, 1.54) is 18.4 Å².